The molecule has 0 aromatic carbocycles. The predicted molar refractivity (Wildman–Crippen MR) is 57.8 cm³/mol. The molecule has 0 aromatic heterocycles. The fourth-order valence-electron chi connectivity index (χ4n) is 1.40. The molecular weight excluding hydrogens is 178 g/mol. The Morgan fingerprint density at radius 1 is 1.43 bits per heavy atom. The minimum atomic E-state index is -0.602. The Morgan fingerprint density at radius 3 is 2.36 bits per heavy atom. The molecule has 0 fully saturated rings. The van der Waals surface area contributed by atoms with Crippen molar-refractivity contribution in [3.05, 3.63) is 0 Å². The monoisotopic (exact) mass is 201 g/mol. The van der Waals surface area contributed by atoms with Crippen LogP contribution in [0.4, 0.5) is 0 Å². The van der Waals surface area contributed by atoms with Crippen molar-refractivity contribution in [3.63, 3.8) is 0 Å². The molecular formula is C11H23NO2. The summed E-state index contributed by atoms with van der Waals surface area (Å²) in [5.74, 6) is 0.359. The molecule has 14 heavy (non-hydrogen) atoms. The number of aliphatic hydroxyl groups is 1. The van der Waals surface area contributed by atoms with Gasteiger partial charge in [0.05, 0.1) is 0 Å². The van der Waals surface area contributed by atoms with Crippen molar-refractivity contribution in [2.24, 2.45) is 5.92 Å². The highest BCUT2D eigenvalue weighted by atomic mass is 16.3. The number of aliphatic hydroxyl groups excluding tert-OH is 1. The minimum absolute atomic E-state index is 0.0395. The van der Waals surface area contributed by atoms with Gasteiger partial charge in [-0.15, -0.1) is 0 Å². The largest absolute Gasteiger partial charge is 0.374 e. The van der Waals surface area contributed by atoms with Gasteiger partial charge in [0.2, 0.25) is 5.91 Å². The zero-order valence-corrected chi connectivity index (χ0v) is 9.79. The van der Waals surface area contributed by atoms with Crippen molar-refractivity contribution in [3.8, 4) is 0 Å². The molecule has 1 N–H and O–H groups in total. The smallest absolute Gasteiger partial charge is 0.221 e. The van der Waals surface area contributed by atoms with Crippen molar-refractivity contribution in [1.29, 1.82) is 0 Å². The average molecular weight is 201 g/mol. The zero-order chi connectivity index (χ0) is 11.1. The summed E-state index contributed by atoms with van der Waals surface area (Å²) in [6.07, 6.45) is 2.09. The van der Waals surface area contributed by atoms with Gasteiger partial charge in [0.25, 0.3) is 0 Å². The van der Waals surface area contributed by atoms with E-state index in [1.807, 2.05) is 13.8 Å². The molecule has 3 heteroatoms. The minimum Gasteiger partial charge on any atom is -0.374 e. The first kappa shape index (κ1) is 13.4. The third-order valence-corrected chi connectivity index (χ3v) is 2.14. The third-order valence-electron chi connectivity index (χ3n) is 2.14. The van der Waals surface area contributed by atoms with Crippen LogP contribution in [0.2, 0.25) is 0 Å². The van der Waals surface area contributed by atoms with Gasteiger partial charge in [0, 0.05) is 13.5 Å². The molecule has 3 nitrogen and oxygen atoms in total. The summed E-state index contributed by atoms with van der Waals surface area (Å²) in [7, 11) is 0. The zero-order valence-electron chi connectivity index (χ0n) is 9.79. The highest BCUT2D eigenvalue weighted by Crippen LogP contribution is 2.09. The quantitative estimate of drug-likeness (QED) is 0.668. The van der Waals surface area contributed by atoms with Gasteiger partial charge >= 0.3 is 0 Å². The highest BCUT2D eigenvalue weighted by Gasteiger charge is 2.18. The molecule has 0 aliphatic rings. The Kier molecular flexibility index (Phi) is 6.54. The van der Waals surface area contributed by atoms with Crippen LogP contribution in [0.3, 0.4) is 0 Å². The molecule has 0 saturated heterocycles. The van der Waals surface area contributed by atoms with Gasteiger partial charge in [-0.05, 0) is 18.8 Å². The summed E-state index contributed by atoms with van der Waals surface area (Å²) in [6, 6.07) is 0. The van der Waals surface area contributed by atoms with Crippen LogP contribution in [0.15, 0.2) is 0 Å². The Bertz CT molecular complexity index is 169. The average Bonchev–Trinajstić information content (AvgIpc) is 2.09. The highest BCUT2D eigenvalue weighted by molar-refractivity contribution is 5.73. The standard InChI is InChI=1S/C11H23NO2/c1-5-6-7-11(14)12(10(4)13)8-9(2)3/h9,11,14H,5-8H2,1-4H3. The van der Waals surface area contributed by atoms with Crippen LogP contribution in [-0.4, -0.2) is 28.7 Å². The van der Waals surface area contributed by atoms with E-state index in [1.54, 1.807) is 4.90 Å². The van der Waals surface area contributed by atoms with Crippen LogP contribution in [-0.2, 0) is 4.79 Å². The Morgan fingerprint density at radius 2 is 2.00 bits per heavy atom. The summed E-state index contributed by atoms with van der Waals surface area (Å²) in [5.41, 5.74) is 0. The molecule has 0 aliphatic carbocycles. The fraction of sp³-hybridized carbons (Fsp3) is 0.909. The maximum absolute atomic E-state index is 11.2. The molecule has 0 saturated carbocycles. The van der Waals surface area contributed by atoms with Crippen LogP contribution in [0.1, 0.15) is 47.0 Å². The lowest BCUT2D eigenvalue weighted by Crippen LogP contribution is -2.41. The molecule has 84 valence electrons. The van der Waals surface area contributed by atoms with Gasteiger partial charge in [-0.3, -0.25) is 4.79 Å². The summed E-state index contributed by atoms with van der Waals surface area (Å²) >= 11 is 0. The molecule has 0 heterocycles. The first-order chi connectivity index (χ1) is 6.49. The second kappa shape index (κ2) is 6.82. The van der Waals surface area contributed by atoms with Crippen molar-refractivity contribution in [2.45, 2.75) is 53.2 Å². The van der Waals surface area contributed by atoms with E-state index in [2.05, 4.69) is 6.92 Å². The maximum Gasteiger partial charge on any atom is 0.221 e. The fourth-order valence-corrected chi connectivity index (χ4v) is 1.40. The molecule has 0 bridgehead atoms. The molecule has 0 radical (unpaired) electrons. The number of carbonyl (C=O) groups excluding carboxylic acids is 1. The van der Waals surface area contributed by atoms with E-state index >= 15 is 0 Å². The lowest BCUT2D eigenvalue weighted by Gasteiger charge is -2.28. The number of rotatable bonds is 6. The van der Waals surface area contributed by atoms with E-state index in [0.717, 1.165) is 12.8 Å². The van der Waals surface area contributed by atoms with E-state index < -0.39 is 6.23 Å². The van der Waals surface area contributed by atoms with Crippen LogP contribution in [0.25, 0.3) is 0 Å². The molecule has 0 aliphatic heterocycles. The van der Waals surface area contributed by atoms with E-state index in [0.29, 0.717) is 18.9 Å². The van der Waals surface area contributed by atoms with Crippen LogP contribution in [0.5, 0.6) is 0 Å². The number of carbonyl (C=O) groups is 1. The molecule has 0 spiro atoms. The Balaban J connectivity index is 4.11. The molecule has 1 atom stereocenters. The number of amides is 1. The van der Waals surface area contributed by atoms with Gasteiger partial charge in [0.1, 0.15) is 6.23 Å². The van der Waals surface area contributed by atoms with Gasteiger partial charge in [0.15, 0.2) is 0 Å². The first-order valence-corrected chi connectivity index (χ1v) is 5.44. The first-order valence-electron chi connectivity index (χ1n) is 5.44. The van der Waals surface area contributed by atoms with Gasteiger partial charge in [-0.25, -0.2) is 0 Å². The molecule has 0 rings (SSSR count). The van der Waals surface area contributed by atoms with Crippen molar-refractivity contribution in [1.82, 2.24) is 4.90 Å². The second-order valence-electron chi connectivity index (χ2n) is 4.19. The van der Waals surface area contributed by atoms with E-state index in [1.165, 1.54) is 6.92 Å². The van der Waals surface area contributed by atoms with Gasteiger partial charge < -0.3 is 10.0 Å². The molecule has 1 amide bonds. The van der Waals surface area contributed by atoms with E-state index in [-0.39, 0.29) is 5.91 Å². The van der Waals surface area contributed by atoms with E-state index in [4.69, 9.17) is 0 Å². The lowest BCUT2D eigenvalue weighted by atomic mass is 10.1. The van der Waals surface area contributed by atoms with Crippen molar-refractivity contribution >= 4 is 5.91 Å². The third kappa shape index (κ3) is 5.22. The molecule has 1 unspecified atom stereocenters. The summed E-state index contributed by atoms with van der Waals surface area (Å²) in [5, 5.41) is 9.76. The van der Waals surface area contributed by atoms with Crippen molar-refractivity contribution < 1.29 is 9.90 Å². The van der Waals surface area contributed by atoms with E-state index in [9.17, 15) is 9.90 Å². The summed E-state index contributed by atoms with van der Waals surface area (Å²) < 4.78 is 0. The van der Waals surface area contributed by atoms with Gasteiger partial charge in [-0.1, -0.05) is 27.2 Å². The predicted octanol–water partition coefficient (Wildman–Crippen LogP) is 2.00. The van der Waals surface area contributed by atoms with Gasteiger partial charge in [-0.2, -0.15) is 0 Å². The topological polar surface area (TPSA) is 40.5 Å². The maximum atomic E-state index is 11.2. The normalized spacial score (nSPS) is 13.0. The second-order valence-corrected chi connectivity index (χ2v) is 4.19. The van der Waals surface area contributed by atoms with Crippen LogP contribution >= 0.6 is 0 Å². The number of nitrogens with zero attached hydrogens (tertiary/aromatic N) is 1. The molecule has 0 aromatic rings. The summed E-state index contributed by atoms with van der Waals surface area (Å²) in [4.78, 5) is 12.8. The number of hydrogen-bond donors (Lipinski definition) is 1. The van der Waals surface area contributed by atoms with Crippen molar-refractivity contribution in [2.75, 3.05) is 6.54 Å². The number of unbranched alkanes of at least 4 members (excludes halogenated alkanes) is 1. The Labute approximate surface area is 87.1 Å². The van der Waals surface area contributed by atoms with Crippen LogP contribution < -0.4 is 0 Å². The number of hydrogen-bond acceptors (Lipinski definition) is 2. The van der Waals surface area contributed by atoms with Crippen LogP contribution in [0, 0.1) is 5.92 Å². The Hall–Kier alpha value is -0.570. The SMILES string of the molecule is CCCCC(O)N(CC(C)C)C(C)=O. The summed E-state index contributed by atoms with van der Waals surface area (Å²) in [6.45, 7) is 8.32. The lowest BCUT2D eigenvalue weighted by molar-refractivity contribution is -0.140.